The molecule has 0 aliphatic carbocycles. The Balaban J connectivity index is 2.15. The zero-order valence-corrected chi connectivity index (χ0v) is 15.3. The van der Waals surface area contributed by atoms with Crippen LogP contribution in [0.25, 0.3) is 0 Å². The first-order valence-corrected chi connectivity index (χ1v) is 8.67. The number of ether oxygens (including phenoxy) is 2. The van der Waals surface area contributed by atoms with Crippen LogP contribution in [0.3, 0.4) is 0 Å². The lowest BCUT2D eigenvalue weighted by Crippen LogP contribution is -2.52. The molecule has 0 radical (unpaired) electrons. The van der Waals surface area contributed by atoms with Gasteiger partial charge in [-0.3, -0.25) is 0 Å². The van der Waals surface area contributed by atoms with Gasteiger partial charge in [-0.1, -0.05) is 12.1 Å². The van der Waals surface area contributed by atoms with Gasteiger partial charge in [-0.25, -0.2) is 4.79 Å². The van der Waals surface area contributed by atoms with Gasteiger partial charge in [0.25, 0.3) is 0 Å². The summed E-state index contributed by atoms with van der Waals surface area (Å²) in [6.45, 7) is 0.717. The van der Waals surface area contributed by atoms with Crippen LogP contribution >= 0.6 is 0 Å². The highest BCUT2D eigenvalue weighted by Crippen LogP contribution is 2.31. The number of hydrogen-bond donors (Lipinski definition) is 2. The van der Waals surface area contributed by atoms with Crippen LogP contribution in [-0.4, -0.2) is 62.2 Å². The van der Waals surface area contributed by atoms with Crippen molar-refractivity contribution in [3.05, 3.63) is 35.4 Å². The monoisotopic (exact) mass is 390 g/mol. The van der Waals surface area contributed by atoms with E-state index < -0.39 is 29.9 Å². The highest BCUT2D eigenvalue weighted by atomic mass is 19.4. The number of carbonyl (C=O) groups is 1. The fraction of sp³-hybridized carbons (Fsp3) is 0.611. The van der Waals surface area contributed by atoms with E-state index in [9.17, 15) is 23.1 Å². The third-order valence-electron chi connectivity index (χ3n) is 4.54. The van der Waals surface area contributed by atoms with Crippen LogP contribution < -0.4 is 5.32 Å². The van der Waals surface area contributed by atoms with Gasteiger partial charge in [-0.15, -0.1) is 0 Å². The molecule has 27 heavy (non-hydrogen) atoms. The number of carbonyl (C=O) groups excluding carboxylic acids is 1. The number of nitrogens with one attached hydrogen (secondary N) is 1. The average molecular weight is 390 g/mol. The number of hydrogen-bond acceptors (Lipinski definition) is 4. The smallest absolute Gasteiger partial charge is 0.391 e. The summed E-state index contributed by atoms with van der Waals surface area (Å²) in [7, 11) is 2.98. The zero-order chi connectivity index (χ0) is 20.0. The van der Waals surface area contributed by atoms with E-state index in [4.69, 9.17) is 9.47 Å². The van der Waals surface area contributed by atoms with Gasteiger partial charge in [0.15, 0.2) is 0 Å². The molecule has 0 spiro atoms. The number of piperidine rings is 1. The number of methoxy groups -OCH3 is 2. The molecule has 1 aromatic rings. The largest absolute Gasteiger partial charge is 0.416 e. The molecule has 9 heteroatoms. The molecular formula is C18H25F3N2O4. The maximum absolute atomic E-state index is 13.0. The summed E-state index contributed by atoms with van der Waals surface area (Å²) in [5.41, 5.74) is -0.430. The van der Waals surface area contributed by atoms with Crippen molar-refractivity contribution in [3.8, 4) is 0 Å². The lowest BCUT2D eigenvalue weighted by atomic mass is 10.0. The predicted molar refractivity (Wildman–Crippen MR) is 92.2 cm³/mol. The van der Waals surface area contributed by atoms with E-state index in [0.717, 1.165) is 12.1 Å². The Morgan fingerprint density at radius 3 is 2.74 bits per heavy atom. The maximum Gasteiger partial charge on any atom is 0.416 e. The molecule has 1 heterocycles. The minimum atomic E-state index is -4.46. The highest BCUT2D eigenvalue weighted by Gasteiger charge is 2.32. The molecular weight excluding hydrogens is 365 g/mol. The molecule has 2 rings (SSSR count). The van der Waals surface area contributed by atoms with Gasteiger partial charge >= 0.3 is 12.2 Å². The second-order valence-electron chi connectivity index (χ2n) is 6.56. The van der Waals surface area contributed by atoms with Crippen molar-refractivity contribution >= 4 is 6.03 Å². The van der Waals surface area contributed by atoms with Gasteiger partial charge in [-0.05, 0) is 24.1 Å². The molecule has 1 unspecified atom stereocenters. The van der Waals surface area contributed by atoms with Gasteiger partial charge in [0, 0.05) is 40.3 Å². The third-order valence-corrected chi connectivity index (χ3v) is 4.54. The van der Waals surface area contributed by atoms with Crippen molar-refractivity contribution in [1.29, 1.82) is 0 Å². The first kappa shape index (κ1) is 21.5. The molecule has 1 saturated heterocycles. The molecule has 6 nitrogen and oxygen atoms in total. The second-order valence-corrected chi connectivity index (χ2v) is 6.56. The van der Waals surface area contributed by atoms with Crippen LogP contribution in [0, 0.1) is 0 Å². The average Bonchev–Trinajstić information content (AvgIpc) is 2.63. The van der Waals surface area contributed by atoms with Crippen LogP contribution in [0.5, 0.6) is 0 Å². The minimum Gasteiger partial charge on any atom is -0.391 e. The normalized spacial score (nSPS) is 21.8. The number of alkyl halides is 3. The van der Waals surface area contributed by atoms with E-state index in [1.54, 1.807) is 6.07 Å². The van der Waals surface area contributed by atoms with E-state index in [2.05, 4.69) is 5.32 Å². The SMILES string of the molecule is COCCC(NC(=O)N1C[C@H](O)C[C@@H](OC)C1)c1cccc(C(F)(F)F)c1. The molecule has 1 aliphatic heterocycles. The number of β-amino-alcohol motifs (C(OH)–C–C–N with tert-alkyl or cyclic N) is 1. The topological polar surface area (TPSA) is 71.0 Å². The van der Waals surface area contributed by atoms with E-state index in [1.165, 1.54) is 25.2 Å². The Hall–Kier alpha value is -1.84. The van der Waals surface area contributed by atoms with Crippen molar-refractivity contribution in [1.82, 2.24) is 10.2 Å². The molecule has 2 amide bonds. The van der Waals surface area contributed by atoms with Crippen LogP contribution in [-0.2, 0) is 15.7 Å². The summed E-state index contributed by atoms with van der Waals surface area (Å²) in [6, 6.07) is 3.76. The van der Waals surface area contributed by atoms with Crippen LogP contribution in [0.1, 0.15) is 30.0 Å². The highest BCUT2D eigenvalue weighted by molar-refractivity contribution is 5.75. The summed E-state index contributed by atoms with van der Waals surface area (Å²) in [4.78, 5) is 14.0. The van der Waals surface area contributed by atoms with Crippen molar-refractivity contribution in [2.24, 2.45) is 0 Å². The number of benzene rings is 1. The fourth-order valence-corrected chi connectivity index (χ4v) is 3.09. The molecule has 0 saturated carbocycles. The first-order chi connectivity index (χ1) is 12.7. The van der Waals surface area contributed by atoms with Crippen LogP contribution in [0.2, 0.25) is 0 Å². The van der Waals surface area contributed by atoms with Gasteiger partial charge in [-0.2, -0.15) is 13.2 Å². The molecule has 1 aliphatic rings. The maximum atomic E-state index is 13.0. The molecule has 1 aromatic carbocycles. The van der Waals surface area contributed by atoms with Gasteiger partial charge < -0.3 is 24.8 Å². The van der Waals surface area contributed by atoms with Crippen LogP contribution in [0.4, 0.5) is 18.0 Å². The number of amides is 2. The molecule has 2 N–H and O–H groups in total. The lowest BCUT2D eigenvalue weighted by molar-refractivity contribution is -0.137. The summed E-state index contributed by atoms with van der Waals surface area (Å²) >= 11 is 0. The molecule has 152 valence electrons. The van der Waals surface area contributed by atoms with Gasteiger partial charge in [0.2, 0.25) is 0 Å². The first-order valence-electron chi connectivity index (χ1n) is 8.67. The summed E-state index contributed by atoms with van der Waals surface area (Å²) < 4.78 is 49.2. The van der Waals surface area contributed by atoms with E-state index in [1.807, 2.05) is 0 Å². The molecule has 0 aromatic heterocycles. The Labute approximate surface area is 156 Å². The zero-order valence-electron chi connectivity index (χ0n) is 15.3. The number of nitrogens with zero attached hydrogens (tertiary/aromatic N) is 1. The molecule has 1 fully saturated rings. The van der Waals surface area contributed by atoms with E-state index in [0.29, 0.717) is 24.9 Å². The Bertz CT molecular complexity index is 627. The predicted octanol–water partition coefficient (Wildman–Crippen LogP) is 2.57. The van der Waals surface area contributed by atoms with Crippen molar-refractivity contribution in [3.63, 3.8) is 0 Å². The molecule has 0 bridgehead atoms. The summed E-state index contributed by atoms with van der Waals surface area (Å²) in [5.74, 6) is 0. The Morgan fingerprint density at radius 1 is 1.37 bits per heavy atom. The second kappa shape index (κ2) is 9.38. The van der Waals surface area contributed by atoms with Crippen molar-refractivity contribution in [2.75, 3.05) is 33.9 Å². The van der Waals surface area contributed by atoms with E-state index >= 15 is 0 Å². The van der Waals surface area contributed by atoms with Gasteiger partial charge in [0.05, 0.1) is 23.8 Å². The number of urea groups is 1. The number of likely N-dealkylation sites (tertiary alicyclic amines) is 1. The molecule has 3 atom stereocenters. The van der Waals surface area contributed by atoms with Crippen molar-refractivity contribution < 1.29 is 32.5 Å². The fourth-order valence-electron chi connectivity index (χ4n) is 3.09. The standard InChI is InChI=1S/C18H25F3N2O4/c1-26-7-6-16(12-4-3-5-13(8-12)18(19,20)21)22-17(25)23-10-14(24)9-15(11-23)27-2/h3-5,8,14-16,24H,6-7,9-11H2,1-2H3,(H,22,25)/t14-,15-,16?/m1/s1. The van der Waals surface area contributed by atoms with Crippen LogP contribution in [0.15, 0.2) is 24.3 Å². The number of aliphatic hydroxyl groups excluding tert-OH is 1. The summed E-state index contributed by atoms with van der Waals surface area (Å²) in [6.07, 6.45) is -4.71. The number of rotatable bonds is 6. The summed E-state index contributed by atoms with van der Waals surface area (Å²) in [5, 5.41) is 12.7. The minimum absolute atomic E-state index is 0.144. The number of aliphatic hydroxyl groups is 1. The quantitative estimate of drug-likeness (QED) is 0.783. The third kappa shape index (κ3) is 6.08. The Kier molecular flexibility index (Phi) is 7.46. The van der Waals surface area contributed by atoms with Gasteiger partial charge in [0.1, 0.15) is 0 Å². The van der Waals surface area contributed by atoms with E-state index in [-0.39, 0.29) is 19.3 Å². The number of halogens is 3. The lowest BCUT2D eigenvalue weighted by Gasteiger charge is -2.36. The Morgan fingerprint density at radius 2 is 2.11 bits per heavy atom. The van der Waals surface area contributed by atoms with Crippen molar-refractivity contribution in [2.45, 2.75) is 37.3 Å².